The molecule has 0 aliphatic carbocycles. The summed E-state index contributed by atoms with van der Waals surface area (Å²) in [4.78, 5) is 12.3. The summed E-state index contributed by atoms with van der Waals surface area (Å²) in [6, 6.07) is 14.5. The molecule has 166 valence electrons. The first-order valence-electron chi connectivity index (χ1n) is 10.8. The van der Waals surface area contributed by atoms with E-state index < -0.39 is 11.2 Å². The van der Waals surface area contributed by atoms with Gasteiger partial charge >= 0.3 is 0 Å². The van der Waals surface area contributed by atoms with E-state index in [-0.39, 0.29) is 5.82 Å². The zero-order valence-electron chi connectivity index (χ0n) is 17.9. The Bertz CT molecular complexity index is 1100. The van der Waals surface area contributed by atoms with Crippen molar-refractivity contribution >= 4 is 28.6 Å². The molecule has 32 heavy (non-hydrogen) atoms. The molecule has 2 aromatic carbocycles. The van der Waals surface area contributed by atoms with Crippen LogP contribution in [-0.2, 0) is 17.6 Å². The highest BCUT2D eigenvalue weighted by Gasteiger charge is 2.33. The van der Waals surface area contributed by atoms with Crippen LogP contribution < -0.4 is 15.0 Å². The average molecular weight is 453 g/mol. The summed E-state index contributed by atoms with van der Waals surface area (Å²) >= 11 is -1.15. The lowest BCUT2D eigenvalue weighted by molar-refractivity contribution is 0.414. The largest absolute Gasteiger partial charge is 0.611 e. The van der Waals surface area contributed by atoms with E-state index in [1.807, 2.05) is 12.1 Å². The van der Waals surface area contributed by atoms with Crippen LogP contribution in [0.2, 0.25) is 0 Å². The molecule has 3 heterocycles. The van der Waals surface area contributed by atoms with E-state index in [1.54, 1.807) is 19.2 Å². The molecule has 2 aliphatic rings. The van der Waals surface area contributed by atoms with Crippen LogP contribution in [0, 0.1) is 5.82 Å². The van der Waals surface area contributed by atoms with Crippen LogP contribution >= 0.6 is 0 Å². The van der Waals surface area contributed by atoms with Crippen molar-refractivity contribution in [1.29, 1.82) is 0 Å². The van der Waals surface area contributed by atoms with Crippen molar-refractivity contribution in [2.24, 2.45) is 0 Å². The normalized spacial score (nSPS) is 18.5. The maximum Gasteiger partial charge on any atom is 0.227 e. The van der Waals surface area contributed by atoms with Crippen LogP contribution in [0.3, 0.4) is 0 Å². The highest BCUT2D eigenvalue weighted by atomic mass is 32.2. The number of piperidine rings is 1. The number of methoxy groups -OCH3 is 1. The molecule has 1 saturated heterocycles. The van der Waals surface area contributed by atoms with E-state index in [0.717, 1.165) is 37.4 Å². The number of benzene rings is 2. The molecule has 6 nitrogen and oxygen atoms in total. The number of fused-ring (bicyclic) bond motifs is 1. The maximum atomic E-state index is 13.7. The summed E-state index contributed by atoms with van der Waals surface area (Å²) in [6.07, 6.45) is 2.67. The van der Waals surface area contributed by atoms with Gasteiger partial charge in [0.05, 0.1) is 7.11 Å². The third-order valence-corrected chi connectivity index (χ3v) is 7.59. The number of hydrogen-bond acceptors (Lipinski definition) is 6. The van der Waals surface area contributed by atoms with E-state index in [4.69, 9.17) is 14.7 Å². The Morgan fingerprint density at radius 3 is 2.62 bits per heavy atom. The number of aromatic nitrogens is 2. The Hall–Kier alpha value is -2.84. The number of nitrogens with one attached hydrogen (secondary N) is 1. The summed E-state index contributed by atoms with van der Waals surface area (Å²) in [7, 11) is 1.68. The molecule has 1 aromatic heterocycles. The molecular formula is C24H25FN4O2S. The van der Waals surface area contributed by atoms with Gasteiger partial charge in [-0.1, -0.05) is 18.2 Å². The van der Waals surface area contributed by atoms with Crippen LogP contribution in [0.25, 0.3) is 0 Å². The van der Waals surface area contributed by atoms with E-state index in [9.17, 15) is 8.94 Å². The lowest BCUT2D eigenvalue weighted by Gasteiger charge is -2.32. The molecule has 0 spiro atoms. The summed E-state index contributed by atoms with van der Waals surface area (Å²) in [5.74, 6) is 2.74. The van der Waals surface area contributed by atoms with Gasteiger partial charge in [-0.2, -0.15) is 4.98 Å². The fraction of sp³-hybridized carbons (Fsp3) is 0.333. The van der Waals surface area contributed by atoms with Gasteiger partial charge in [-0.25, -0.2) is 9.37 Å². The van der Waals surface area contributed by atoms with Crippen LogP contribution in [0.1, 0.15) is 30.0 Å². The second-order valence-corrected chi connectivity index (χ2v) is 9.63. The summed E-state index contributed by atoms with van der Waals surface area (Å²) in [5, 5.41) is 3.18. The van der Waals surface area contributed by atoms with Crippen molar-refractivity contribution < 1.29 is 13.7 Å². The van der Waals surface area contributed by atoms with Gasteiger partial charge in [0, 0.05) is 25.2 Å². The number of halogens is 1. The van der Waals surface area contributed by atoms with E-state index in [2.05, 4.69) is 22.3 Å². The Morgan fingerprint density at radius 1 is 1.12 bits per heavy atom. The number of ether oxygens (including phenoxy) is 1. The predicted molar refractivity (Wildman–Crippen MR) is 124 cm³/mol. The Morgan fingerprint density at radius 2 is 1.91 bits per heavy atom. The zero-order valence-corrected chi connectivity index (χ0v) is 18.7. The quantitative estimate of drug-likeness (QED) is 0.578. The molecule has 0 amide bonds. The van der Waals surface area contributed by atoms with E-state index in [1.165, 1.54) is 17.7 Å². The van der Waals surface area contributed by atoms with Gasteiger partial charge in [0.2, 0.25) is 10.8 Å². The van der Waals surface area contributed by atoms with Crippen molar-refractivity contribution in [2.45, 2.75) is 30.1 Å². The number of anilines is 3. The van der Waals surface area contributed by atoms with Gasteiger partial charge in [-0.05, 0) is 65.8 Å². The number of nitrogens with zero attached hydrogens (tertiary/aromatic N) is 3. The molecule has 1 N–H and O–H groups in total. The molecule has 2 aliphatic heterocycles. The zero-order chi connectivity index (χ0) is 22.1. The lowest BCUT2D eigenvalue weighted by Crippen LogP contribution is -2.34. The smallest absolute Gasteiger partial charge is 0.227 e. The van der Waals surface area contributed by atoms with Gasteiger partial charge in [-0.3, -0.25) is 0 Å². The molecular weight excluding hydrogens is 427 g/mol. The van der Waals surface area contributed by atoms with Crippen molar-refractivity contribution in [1.82, 2.24) is 9.97 Å². The minimum Gasteiger partial charge on any atom is -0.611 e. The number of aryl methyl sites for hydroxylation is 1. The number of hydrogen-bond donors (Lipinski definition) is 1. The first-order chi connectivity index (χ1) is 15.6. The van der Waals surface area contributed by atoms with Crippen molar-refractivity contribution in [3.8, 4) is 5.75 Å². The fourth-order valence-corrected chi connectivity index (χ4v) is 5.71. The molecule has 3 aromatic rings. The molecule has 8 heteroatoms. The average Bonchev–Trinajstić information content (AvgIpc) is 3.20. The predicted octanol–water partition coefficient (Wildman–Crippen LogP) is 4.42. The van der Waals surface area contributed by atoms with Gasteiger partial charge in [0.1, 0.15) is 23.0 Å². The van der Waals surface area contributed by atoms with Crippen LogP contribution in [0.15, 0.2) is 53.4 Å². The van der Waals surface area contributed by atoms with E-state index >= 15 is 0 Å². The summed E-state index contributed by atoms with van der Waals surface area (Å²) < 4.78 is 31.5. The van der Waals surface area contributed by atoms with Crippen molar-refractivity contribution in [3.63, 3.8) is 0 Å². The van der Waals surface area contributed by atoms with Crippen LogP contribution in [-0.4, -0.2) is 40.5 Å². The topological polar surface area (TPSA) is 73.3 Å². The number of rotatable bonds is 5. The highest BCUT2D eigenvalue weighted by Crippen LogP contribution is 2.36. The van der Waals surface area contributed by atoms with Crippen LogP contribution in [0.4, 0.5) is 21.8 Å². The third-order valence-electron chi connectivity index (χ3n) is 6.13. The lowest BCUT2D eigenvalue weighted by atomic mass is 9.89. The molecule has 1 unspecified atom stereocenters. The Kier molecular flexibility index (Phi) is 5.89. The molecule has 0 bridgehead atoms. The summed E-state index contributed by atoms with van der Waals surface area (Å²) in [6.45, 7) is 1.69. The molecule has 1 atom stereocenters. The monoisotopic (exact) mass is 452 g/mol. The van der Waals surface area contributed by atoms with Crippen LogP contribution in [0.5, 0.6) is 5.75 Å². The first-order valence-corrected chi connectivity index (χ1v) is 12.1. The van der Waals surface area contributed by atoms with Crippen molar-refractivity contribution in [3.05, 3.63) is 65.6 Å². The highest BCUT2D eigenvalue weighted by molar-refractivity contribution is 7.91. The second-order valence-electron chi connectivity index (χ2n) is 8.12. The van der Waals surface area contributed by atoms with E-state index in [0.29, 0.717) is 40.4 Å². The minimum absolute atomic E-state index is 0.331. The SMILES string of the molecule is COc1ccc(C2CCN(c3nc4c(c(Nc5cccc(F)c5)n3)[S+]([O-])CC4)CC2)cc1. The Labute approximate surface area is 190 Å². The van der Waals surface area contributed by atoms with Gasteiger partial charge in [0.15, 0.2) is 5.82 Å². The molecule has 0 saturated carbocycles. The van der Waals surface area contributed by atoms with Gasteiger partial charge < -0.3 is 19.5 Å². The minimum atomic E-state index is -1.15. The Balaban J connectivity index is 1.36. The maximum absolute atomic E-state index is 13.7. The molecule has 0 radical (unpaired) electrons. The summed E-state index contributed by atoms with van der Waals surface area (Å²) in [5.41, 5.74) is 2.73. The molecule has 1 fully saturated rings. The second kappa shape index (κ2) is 8.96. The van der Waals surface area contributed by atoms with Gasteiger partial charge in [-0.15, -0.1) is 0 Å². The third kappa shape index (κ3) is 4.25. The first kappa shape index (κ1) is 21.0. The molecule has 5 rings (SSSR count). The standard InChI is InChI=1S/C24H25FN4O2S/c1-31-20-7-5-16(6-8-20)17-9-12-29(13-10-17)24-27-21-11-14-32(30)22(21)23(28-24)26-19-4-2-3-18(25)15-19/h2-8,15,17H,9-14H2,1H3,(H,26,27,28). The van der Waals surface area contributed by atoms with Crippen molar-refractivity contribution in [2.75, 3.05) is 36.2 Å². The van der Waals surface area contributed by atoms with Gasteiger partial charge in [0.25, 0.3) is 0 Å². The fourth-order valence-electron chi connectivity index (χ4n) is 4.40.